The van der Waals surface area contributed by atoms with Crippen LogP contribution in [0.5, 0.6) is 0 Å². The van der Waals surface area contributed by atoms with Gasteiger partial charge in [0.05, 0.1) is 6.07 Å². The first kappa shape index (κ1) is 15.1. The van der Waals surface area contributed by atoms with Crippen LogP contribution in [-0.2, 0) is 4.79 Å². The Morgan fingerprint density at radius 2 is 2.10 bits per heavy atom. The Bertz CT molecular complexity index is 725. The summed E-state index contributed by atoms with van der Waals surface area (Å²) in [6, 6.07) is 7.87. The molecular weight excluding hydrogens is 287 g/mol. The molecule has 0 aliphatic carbocycles. The molecule has 0 unspecified atom stereocenters. The molecule has 1 aromatic heterocycles. The smallest absolute Gasteiger partial charge is 0.180 e. The molecule has 106 valence electrons. The van der Waals surface area contributed by atoms with E-state index in [9.17, 15) is 14.4 Å². The minimum absolute atomic E-state index is 0.311. The molecule has 0 saturated carbocycles. The molecule has 0 spiro atoms. The molecule has 0 aliphatic heterocycles. The summed E-state index contributed by atoms with van der Waals surface area (Å²) < 4.78 is 12.9. The monoisotopic (exact) mass is 300 g/mol. The fraction of sp³-hybridized carbons (Fsp3) is 0.188. The molecule has 0 aliphatic rings. The van der Waals surface area contributed by atoms with Gasteiger partial charge in [0.25, 0.3) is 0 Å². The second-order valence-corrected chi connectivity index (χ2v) is 5.52. The maximum atomic E-state index is 12.9. The van der Waals surface area contributed by atoms with E-state index in [4.69, 9.17) is 0 Å². The molecule has 1 atom stereocenters. The molecule has 0 radical (unpaired) electrons. The zero-order chi connectivity index (χ0) is 15.4. The van der Waals surface area contributed by atoms with Crippen molar-refractivity contribution in [2.75, 3.05) is 0 Å². The van der Waals surface area contributed by atoms with Gasteiger partial charge in [-0.3, -0.25) is 4.79 Å². The first-order valence-electron chi connectivity index (χ1n) is 6.31. The van der Waals surface area contributed by atoms with Crippen LogP contribution in [0.15, 0.2) is 35.7 Å². The summed E-state index contributed by atoms with van der Waals surface area (Å²) in [5.41, 5.74) is 2.23. The lowest BCUT2D eigenvalue weighted by Gasteiger charge is -2.04. The third-order valence-electron chi connectivity index (χ3n) is 2.96. The summed E-state index contributed by atoms with van der Waals surface area (Å²) in [4.78, 5) is 16.4. The van der Waals surface area contributed by atoms with Gasteiger partial charge >= 0.3 is 0 Å². The molecule has 2 rings (SSSR count). The highest BCUT2D eigenvalue weighted by molar-refractivity contribution is 7.10. The number of ketones is 1. The van der Waals surface area contributed by atoms with Gasteiger partial charge in [-0.25, -0.2) is 9.37 Å². The van der Waals surface area contributed by atoms with Gasteiger partial charge < -0.3 is 0 Å². The van der Waals surface area contributed by atoms with E-state index in [0.717, 1.165) is 11.3 Å². The zero-order valence-corrected chi connectivity index (χ0v) is 12.4. The Kier molecular flexibility index (Phi) is 4.61. The number of aryl methyl sites for hydroxylation is 1. The Hall–Kier alpha value is -2.32. The van der Waals surface area contributed by atoms with E-state index in [2.05, 4.69) is 4.98 Å². The van der Waals surface area contributed by atoms with Crippen LogP contribution in [-0.4, -0.2) is 10.8 Å². The van der Waals surface area contributed by atoms with E-state index in [1.807, 2.05) is 18.4 Å². The molecule has 0 saturated heterocycles. The molecule has 2 aromatic rings. The summed E-state index contributed by atoms with van der Waals surface area (Å²) in [6.45, 7) is 3.57. The minimum Gasteiger partial charge on any atom is -0.293 e. The van der Waals surface area contributed by atoms with Crippen LogP contribution < -0.4 is 0 Å². The van der Waals surface area contributed by atoms with E-state index in [0.29, 0.717) is 10.6 Å². The molecule has 0 bridgehead atoms. The number of allylic oxidation sites excluding steroid dienone is 2. The molecule has 21 heavy (non-hydrogen) atoms. The van der Waals surface area contributed by atoms with E-state index in [1.54, 1.807) is 19.1 Å². The minimum atomic E-state index is -0.890. The maximum Gasteiger partial charge on any atom is 0.180 e. The van der Waals surface area contributed by atoms with Crippen LogP contribution in [0.2, 0.25) is 0 Å². The third kappa shape index (κ3) is 3.61. The normalized spacial score (nSPS) is 12.8. The summed E-state index contributed by atoms with van der Waals surface area (Å²) in [6.07, 6.45) is 1.41. The molecule has 5 heteroatoms. The van der Waals surface area contributed by atoms with Crippen molar-refractivity contribution >= 4 is 22.7 Å². The van der Waals surface area contributed by atoms with Gasteiger partial charge in [-0.15, -0.1) is 11.3 Å². The summed E-state index contributed by atoms with van der Waals surface area (Å²) in [5, 5.41) is 11.5. The number of carbonyl (C=O) groups is 1. The van der Waals surface area contributed by atoms with E-state index >= 15 is 0 Å². The number of hydrogen-bond donors (Lipinski definition) is 0. The topological polar surface area (TPSA) is 53.8 Å². The van der Waals surface area contributed by atoms with Crippen molar-refractivity contribution in [1.82, 2.24) is 4.98 Å². The number of hydrogen-bond acceptors (Lipinski definition) is 4. The summed E-state index contributed by atoms with van der Waals surface area (Å²) in [7, 11) is 0. The van der Waals surface area contributed by atoms with Crippen molar-refractivity contribution in [2.24, 2.45) is 0 Å². The fourth-order valence-corrected chi connectivity index (χ4v) is 2.68. The lowest BCUT2D eigenvalue weighted by Crippen LogP contribution is -2.08. The largest absolute Gasteiger partial charge is 0.293 e. The number of aromatic nitrogens is 1. The van der Waals surface area contributed by atoms with Crippen molar-refractivity contribution in [3.8, 4) is 6.07 Å². The van der Waals surface area contributed by atoms with Crippen molar-refractivity contribution < 1.29 is 9.18 Å². The van der Waals surface area contributed by atoms with Crippen LogP contribution in [0.1, 0.15) is 29.1 Å². The van der Waals surface area contributed by atoms with Gasteiger partial charge in [-0.2, -0.15) is 5.26 Å². The van der Waals surface area contributed by atoms with Gasteiger partial charge in [0, 0.05) is 11.1 Å². The molecule has 1 aromatic carbocycles. The van der Waals surface area contributed by atoms with Gasteiger partial charge in [0.2, 0.25) is 0 Å². The van der Waals surface area contributed by atoms with Crippen LogP contribution >= 0.6 is 11.3 Å². The molecular formula is C16H13FN2OS. The molecule has 0 N–H and O–H groups in total. The number of nitrogens with zero attached hydrogens (tertiary/aromatic N) is 2. The number of nitriles is 1. The number of thiazole rings is 1. The summed E-state index contributed by atoms with van der Waals surface area (Å²) in [5.74, 6) is -1.53. The highest BCUT2D eigenvalue weighted by Gasteiger charge is 2.21. The molecule has 0 fully saturated rings. The highest BCUT2D eigenvalue weighted by atomic mass is 32.1. The lowest BCUT2D eigenvalue weighted by atomic mass is 10.0. The number of benzene rings is 1. The second kappa shape index (κ2) is 6.42. The highest BCUT2D eigenvalue weighted by Crippen LogP contribution is 2.23. The Morgan fingerprint density at radius 3 is 2.62 bits per heavy atom. The average molecular weight is 300 g/mol. The standard InChI is InChI=1S/C16H13FN2OS/c1-10(12-3-5-13(17)6-4-12)7-15(20)14(8-18)16-19-11(2)9-21-16/h3-7,9,14H,1-2H3/b10-7-/t14-/m0/s1. The van der Waals surface area contributed by atoms with Gasteiger partial charge in [-0.1, -0.05) is 12.1 Å². The van der Waals surface area contributed by atoms with Crippen molar-refractivity contribution in [1.29, 1.82) is 5.26 Å². The lowest BCUT2D eigenvalue weighted by molar-refractivity contribution is -0.114. The summed E-state index contributed by atoms with van der Waals surface area (Å²) >= 11 is 1.30. The van der Waals surface area contributed by atoms with E-state index in [1.165, 1.54) is 29.5 Å². The van der Waals surface area contributed by atoms with Crippen LogP contribution in [0, 0.1) is 24.1 Å². The number of rotatable bonds is 4. The quantitative estimate of drug-likeness (QED) is 0.805. The van der Waals surface area contributed by atoms with Crippen molar-refractivity contribution in [2.45, 2.75) is 19.8 Å². The fourth-order valence-electron chi connectivity index (χ4n) is 1.84. The zero-order valence-electron chi connectivity index (χ0n) is 11.6. The number of carbonyl (C=O) groups excluding carboxylic acids is 1. The first-order valence-corrected chi connectivity index (χ1v) is 7.19. The van der Waals surface area contributed by atoms with Crippen LogP contribution in [0.25, 0.3) is 5.57 Å². The van der Waals surface area contributed by atoms with E-state index < -0.39 is 5.92 Å². The SMILES string of the molecule is C/C(=C/C(=O)[C@H](C#N)c1nc(C)cs1)c1ccc(F)cc1. The Morgan fingerprint density at radius 1 is 1.43 bits per heavy atom. The molecule has 3 nitrogen and oxygen atoms in total. The second-order valence-electron chi connectivity index (χ2n) is 4.63. The van der Waals surface area contributed by atoms with Crippen molar-refractivity contribution in [3.05, 3.63) is 57.8 Å². The Balaban J connectivity index is 2.24. The predicted molar refractivity (Wildman–Crippen MR) is 80.3 cm³/mol. The van der Waals surface area contributed by atoms with Gasteiger partial charge in [0.1, 0.15) is 10.8 Å². The first-order chi connectivity index (χ1) is 10.0. The Labute approximate surface area is 126 Å². The number of halogens is 1. The van der Waals surface area contributed by atoms with Gasteiger partial charge in [-0.05, 0) is 43.2 Å². The van der Waals surface area contributed by atoms with Crippen LogP contribution in [0.4, 0.5) is 4.39 Å². The molecule has 1 heterocycles. The average Bonchev–Trinajstić information content (AvgIpc) is 2.86. The predicted octanol–water partition coefficient (Wildman–Crippen LogP) is 3.87. The van der Waals surface area contributed by atoms with Gasteiger partial charge in [0.15, 0.2) is 11.7 Å². The molecule has 0 amide bonds. The third-order valence-corrected chi connectivity index (χ3v) is 3.98. The van der Waals surface area contributed by atoms with E-state index in [-0.39, 0.29) is 11.6 Å². The maximum absolute atomic E-state index is 12.9. The van der Waals surface area contributed by atoms with Crippen LogP contribution in [0.3, 0.4) is 0 Å². The van der Waals surface area contributed by atoms with Crippen molar-refractivity contribution in [3.63, 3.8) is 0 Å².